The van der Waals surface area contributed by atoms with Gasteiger partial charge < -0.3 is 4.90 Å². The zero-order valence-electron chi connectivity index (χ0n) is 11.1. The lowest BCUT2D eigenvalue weighted by molar-refractivity contribution is -0.142. The second-order valence-corrected chi connectivity index (χ2v) is 4.60. The summed E-state index contributed by atoms with van der Waals surface area (Å²) in [7, 11) is 0. The Balaban J connectivity index is 0.000000686. The third-order valence-corrected chi connectivity index (χ3v) is 3.55. The second kappa shape index (κ2) is 5.86. The Bertz CT molecular complexity index is 348. The van der Waals surface area contributed by atoms with Crippen LogP contribution in [0.1, 0.15) is 46.5 Å². The third kappa shape index (κ3) is 2.69. The van der Waals surface area contributed by atoms with Gasteiger partial charge in [0.2, 0.25) is 5.91 Å². The minimum atomic E-state index is -0.668. The van der Waals surface area contributed by atoms with Crippen LogP contribution in [0.5, 0.6) is 0 Å². The molecule has 0 atom stereocenters. The van der Waals surface area contributed by atoms with Crippen LogP contribution in [0.25, 0.3) is 0 Å². The molecule has 17 heavy (non-hydrogen) atoms. The normalized spacial score (nSPS) is 21.3. The summed E-state index contributed by atoms with van der Waals surface area (Å²) < 4.78 is 0. The van der Waals surface area contributed by atoms with E-state index in [2.05, 4.69) is 19.1 Å². The molecule has 0 spiro atoms. The molecule has 0 radical (unpaired) electrons. The predicted octanol–water partition coefficient (Wildman–Crippen LogP) is 2.89. The van der Waals surface area contributed by atoms with Gasteiger partial charge in [-0.1, -0.05) is 25.5 Å². The lowest BCUT2D eigenvalue weighted by atomic mass is 9.69. The molecular weight excluding hydrogens is 212 g/mol. The number of rotatable bonds is 1. The monoisotopic (exact) mass is 234 g/mol. The molecule has 1 fully saturated rings. The number of nitriles is 1. The van der Waals surface area contributed by atoms with Gasteiger partial charge in [0.1, 0.15) is 5.41 Å². The molecule has 0 aromatic heterocycles. The van der Waals surface area contributed by atoms with Crippen LogP contribution in [0.3, 0.4) is 0 Å². The number of hydrogen-bond donors (Lipinski definition) is 0. The van der Waals surface area contributed by atoms with E-state index in [-0.39, 0.29) is 5.91 Å². The van der Waals surface area contributed by atoms with Crippen LogP contribution >= 0.6 is 0 Å². The Kier molecular flexibility index (Phi) is 4.74. The number of carbonyl (C=O) groups excluding carboxylic acids is 1. The van der Waals surface area contributed by atoms with E-state index in [0.717, 1.165) is 32.2 Å². The van der Waals surface area contributed by atoms with Crippen LogP contribution in [0.2, 0.25) is 0 Å². The van der Waals surface area contributed by atoms with Gasteiger partial charge in [0.05, 0.1) is 6.07 Å². The van der Waals surface area contributed by atoms with E-state index < -0.39 is 5.41 Å². The maximum atomic E-state index is 12.1. The summed E-state index contributed by atoms with van der Waals surface area (Å²) in [6.45, 7) is 7.56. The largest absolute Gasteiger partial charge is 0.337 e. The Morgan fingerprint density at radius 1 is 1.47 bits per heavy atom. The molecule has 0 unspecified atom stereocenters. The molecule has 3 heteroatoms. The first-order chi connectivity index (χ1) is 8.18. The van der Waals surface area contributed by atoms with Crippen molar-refractivity contribution in [2.75, 3.05) is 13.1 Å². The van der Waals surface area contributed by atoms with E-state index >= 15 is 0 Å². The fraction of sp³-hybridized carbons (Fsp3) is 0.714. The first-order valence-corrected chi connectivity index (χ1v) is 6.54. The van der Waals surface area contributed by atoms with Gasteiger partial charge in [-0.3, -0.25) is 4.79 Å². The second-order valence-electron chi connectivity index (χ2n) is 4.60. The fourth-order valence-electron chi connectivity index (χ4n) is 2.16. The van der Waals surface area contributed by atoms with Crippen molar-refractivity contribution in [3.05, 3.63) is 11.6 Å². The fourth-order valence-corrected chi connectivity index (χ4v) is 2.16. The van der Waals surface area contributed by atoms with Gasteiger partial charge in [-0.15, -0.1) is 0 Å². The number of amides is 1. The van der Waals surface area contributed by atoms with Crippen LogP contribution in [-0.2, 0) is 4.79 Å². The molecule has 3 nitrogen and oxygen atoms in total. The lowest BCUT2D eigenvalue weighted by Crippen LogP contribution is -2.48. The minimum absolute atomic E-state index is 0.0556. The van der Waals surface area contributed by atoms with Gasteiger partial charge in [0, 0.05) is 13.1 Å². The summed E-state index contributed by atoms with van der Waals surface area (Å²) in [5.41, 5.74) is 0.678. The third-order valence-electron chi connectivity index (χ3n) is 3.55. The average Bonchev–Trinajstić information content (AvgIpc) is 2.32. The highest BCUT2D eigenvalue weighted by molar-refractivity contribution is 5.86. The summed E-state index contributed by atoms with van der Waals surface area (Å²) in [5.74, 6) is 0.0556. The van der Waals surface area contributed by atoms with Crippen molar-refractivity contribution in [3.63, 3.8) is 0 Å². The minimum Gasteiger partial charge on any atom is -0.337 e. The zero-order valence-corrected chi connectivity index (χ0v) is 11.1. The summed E-state index contributed by atoms with van der Waals surface area (Å²) in [4.78, 5) is 13.9. The standard InChI is InChI=1S/C12H16N2O.C2H6/c1-10-3-7-14(8-4-10)11(15)12(9-13)5-2-6-12;1-2/h3H,2,4-8H2,1H3;1-2H3. The molecule has 94 valence electrons. The molecule has 2 aliphatic rings. The maximum Gasteiger partial charge on any atom is 0.243 e. The topological polar surface area (TPSA) is 44.1 Å². The van der Waals surface area contributed by atoms with Crippen molar-refractivity contribution in [2.24, 2.45) is 5.41 Å². The lowest BCUT2D eigenvalue weighted by Gasteiger charge is -2.39. The Morgan fingerprint density at radius 3 is 2.47 bits per heavy atom. The molecule has 1 saturated carbocycles. The first-order valence-electron chi connectivity index (χ1n) is 6.54. The highest BCUT2D eigenvalue weighted by atomic mass is 16.2. The zero-order chi connectivity index (χ0) is 12.9. The van der Waals surface area contributed by atoms with Crippen molar-refractivity contribution in [1.82, 2.24) is 4.90 Å². The van der Waals surface area contributed by atoms with E-state index in [1.807, 2.05) is 18.7 Å². The molecule has 1 heterocycles. The Morgan fingerprint density at radius 2 is 2.12 bits per heavy atom. The van der Waals surface area contributed by atoms with Gasteiger partial charge in [0.15, 0.2) is 0 Å². The molecule has 1 amide bonds. The summed E-state index contributed by atoms with van der Waals surface area (Å²) in [6, 6.07) is 2.21. The van der Waals surface area contributed by atoms with Crippen molar-refractivity contribution in [3.8, 4) is 6.07 Å². The smallest absolute Gasteiger partial charge is 0.243 e. The van der Waals surface area contributed by atoms with Gasteiger partial charge in [-0.25, -0.2) is 0 Å². The summed E-state index contributed by atoms with van der Waals surface area (Å²) >= 11 is 0. The van der Waals surface area contributed by atoms with Gasteiger partial charge in [-0.05, 0) is 32.6 Å². The van der Waals surface area contributed by atoms with Crippen LogP contribution in [0.15, 0.2) is 11.6 Å². The number of hydrogen-bond acceptors (Lipinski definition) is 2. The molecule has 0 aromatic rings. The molecule has 0 bridgehead atoms. The van der Waals surface area contributed by atoms with Gasteiger partial charge in [0.25, 0.3) is 0 Å². The van der Waals surface area contributed by atoms with Crippen LogP contribution < -0.4 is 0 Å². The first kappa shape index (κ1) is 13.8. The van der Waals surface area contributed by atoms with Crippen LogP contribution in [0.4, 0.5) is 0 Å². The van der Waals surface area contributed by atoms with Crippen LogP contribution in [0, 0.1) is 16.7 Å². The molecule has 0 aromatic carbocycles. The van der Waals surface area contributed by atoms with E-state index in [1.165, 1.54) is 5.57 Å². The molecular formula is C14H22N2O. The quantitative estimate of drug-likeness (QED) is 0.655. The summed E-state index contributed by atoms with van der Waals surface area (Å²) in [6.07, 6.45) is 5.56. The molecule has 1 aliphatic heterocycles. The van der Waals surface area contributed by atoms with Crippen LogP contribution in [-0.4, -0.2) is 23.9 Å². The van der Waals surface area contributed by atoms with Crippen molar-refractivity contribution >= 4 is 5.91 Å². The number of carbonyl (C=O) groups is 1. The maximum absolute atomic E-state index is 12.1. The molecule has 2 rings (SSSR count). The van der Waals surface area contributed by atoms with Crippen molar-refractivity contribution < 1.29 is 4.79 Å². The Hall–Kier alpha value is -1.30. The van der Waals surface area contributed by atoms with Gasteiger partial charge >= 0.3 is 0 Å². The van der Waals surface area contributed by atoms with E-state index in [9.17, 15) is 4.79 Å². The van der Waals surface area contributed by atoms with E-state index in [4.69, 9.17) is 5.26 Å². The molecule has 1 aliphatic carbocycles. The van der Waals surface area contributed by atoms with E-state index in [1.54, 1.807) is 0 Å². The Labute approximate surface area is 104 Å². The predicted molar refractivity (Wildman–Crippen MR) is 68.2 cm³/mol. The molecule has 0 saturated heterocycles. The highest BCUT2D eigenvalue weighted by Crippen LogP contribution is 2.42. The highest BCUT2D eigenvalue weighted by Gasteiger charge is 2.46. The van der Waals surface area contributed by atoms with Crippen molar-refractivity contribution in [2.45, 2.75) is 46.5 Å². The van der Waals surface area contributed by atoms with Gasteiger partial charge in [-0.2, -0.15) is 5.26 Å². The average molecular weight is 234 g/mol. The van der Waals surface area contributed by atoms with E-state index in [0.29, 0.717) is 6.54 Å². The SMILES string of the molecule is CC.CC1=CCN(C(=O)C2(C#N)CCC2)CC1. The molecule has 0 N–H and O–H groups in total. The number of nitrogens with zero attached hydrogens (tertiary/aromatic N) is 2. The summed E-state index contributed by atoms with van der Waals surface area (Å²) in [5, 5.41) is 9.08. The van der Waals surface area contributed by atoms with Crippen molar-refractivity contribution in [1.29, 1.82) is 5.26 Å².